The Hall–Kier alpha value is -1.75. The first kappa shape index (κ1) is 8.35. The maximum Gasteiger partial charge on any atom is 0.235 e. The van der Waals surface area contributed by atoms with Gasteiger partial charge >= 0.3 is 0 Å². The van der Waals surface area contributed by atoms with Crippen LogP contribution in [-0.2, 0) is 0 Å². The highest BCUT2D eigenvalue weighted by atomic mass is 16.5. The van der Waals surface area contributed by atoms with E-state index in [0.29, 0.717) is 0 Å². The molecule has 0 heterocycles. The lowest BCUT2D eigenvalue weighted by Gasteiger charge is -2.00. The van der Waals surface area contributed by atoms with Gasteiger partial charge in [-0.1, -0.05) is 18.2 Å². The Morgan fingerprint density at radius 3 is 2.58 bits per heavy atom. The van der Waals surface area contributed by atoms with Gasteiger partial charge in [0, 0.05) is 0 Å². The lowest BCUT2D eigenvalue weighted by atomic mass is 10.3. The van der Waals surface area contributed by atoms with E-state index >= 15 is 0 Å². The molecule has 64 valence electrons. The predicted molar refractivity (Wildman–Crippen MR) is 46.6 cm³/mol. The standard InChI is InChI=1S/C7H10N4O/c8-7(11-12)10-9-6-4-2-1-3-5-6/h1-5,9,12H,(H3,8,10,11). The molecule has 0 aromatic heterocycles. The van der Waals surface area contributed by atoms with E-state index in [0.717, 1.165) is 5.69 Å². The number of hydrazone groups is 1. The van der Waals surface area contributed by atoms with Crippen LogP contribution in [0.3, 0.4) is 0 Å². The highest BCUT2D eigenvalue weighted by Crippen LogP contribution is 2.03. The number of hydroxylamine groups is 1. The monoisotopic (exact) mass is 166 g/mol. The molecule has 5 heteroatoms. The fraction of sp³-hybridized carbons (Fsp3) is 0. The van der Waals surface area contributed by atoms with E-state index in [1.165, 1.54) is 0 Å². The molecule has 0 saturated carbocycles. The summed E-state index contributed by atoms with van der Waals surface area (Å²) in [5.74, 6) is -0.0844. The summed E-state index contributed by atoms with van der Waals surface area (Å²) in [6, 6.07) is 9.27. The fourth-order valence-electron chi connectivity index (χ4n) is 0.662. The minimum Gasteiger partial charge on any atom is -0.367 e. The van der Waals surface area contributed by atoms with Crippen LogP contribution >= 0.6 is 0 Å². The van der Waals surface area contributed by atoms with E-state index in [9.17, 15) is 0 Å². The number of nitrogens with two attached hydrogens (primary N) is 1. The lowest BCUT2D eigenvalue weighted by Crippen LogP contribution is -2.29. The van der Waals surface area contributed by atoms with Crippen LogP contribution in [0.15, 0.2) is 35.4 Å². The van der Waals surface area contributed by atoms with Gasteiger partial charge in [-0.15, -0.1) is 5.10 Å². The number of nitrogens with one attached hydrogen (secondary N) is 2. The third-order valence-corrected chi connectivity index (χ3v) is 1.19. The van der Waals surface area contributed by atoms with E-state index in [-0.39, 0.29) is 5.96 Å². The highest BCUT2D eigenvalue weighted by Gasteiger charge is 1.87. The van der Waals surface area contributed by atoms with Crippen LogP contribution in [0.5, 0.6) is 0 Å². The molecule has 5 nitrogen and oxygen atoms in total. The highest BCUT2D eigenvalue weighted by molar-refractivity contribution is 5.77. The van der Waals surface area contributed by atoms with Crippen LogP contribution < -0.4 is 16.6 Å². The number of rotatable bonds is 2. The van der Waals surface area contributed by atoms with Gasteiger partial charge in [0.25, 0.3) is 0 Å². The molecule has 0 unspecified atom stereocenters. The van der Waals surface area contributed by atoms with Crippen LogP contribution in [-0.4, -0.2) is 11.2 Å². The molecule has 0 amide bonds. The van der Waals surface area contributed by atoms with Gasteiger partial charge in [-0.2, -0.15) is 0 Å². The maximum atomic E-state index is 8.27. The molecule has 0 saturated heterocycles. The summed E-state index contributed by atoms with van der Waals surface area (Å²) in [4.78, 5) is 0. The number of hydrogen-bond donors (Lipinski definition) is 4. The molecular formula is C7H10N4O. The predicted octanol–water partition coefficient (Wildman–Crippen LogP) is 0.307. The van der Waals surface area contributed by atoms with Gasteiger partial charge in [0.2, 0.25) is 5.96 Å². The zero-order valence-corrected chi connectivity index (χ0v) is 6.36. The summed E-state index contributed by atoms with van der Waals surface area (Å²) in [6.07, 6.45) is 0. The van der Waals surface area contributed by atoms with Gasteiger partial charge in [-0.25, -0.2) is 5.48 Å². The molecule has 0 aliphatic heterocycles. The molecular weight excluding hydrogens is 156 g/mol. The Morgan fingerprint density at radius 1 is 1.33 bits per heavy atom. The second kappa shape index (κ2) is 4.20. The maximum absolute atomic E-state index is 8.27. The normalized spacial score (nSPS) is 10.9. The summed E-state index contributed by atoms with van der Waals surface area (Å²) in [5, 5.41) is 11.9. The average molecular weight is 166 g/mol. The minimum absolute atomic E-state index is 0.0844. The van der Waals surface area contributed by atoms with E-state index in [1.807, 2.05) is 30.3 Å². The molecule has 0 fully saturated rings. The van der Waals surface area contributed by atoms with Crippen molar-refractivity contribution in [3.05, 3.63) is 30.3 Å². The van der Waals surface area contributed by atoms with Crippen LogP contribution in [0.2, 0.25) is 0 Å². The third kappa shape index (κ3) is 2.47. The molecule has 1 rings (SSSR count). The smallest absolute Gasteiger partial charge is 0.235 e. The fourth-order valence-corrected chi connectivity index (χ4v) is 0.662. The molecule has 12 heavy (non-hydrogen) atoms. The van der Waals surface area contributed by atoms with Crippen LogP contribution in [0.25, 0.3) is 0 Å². The Bertz CT molecular complexity index is 259. The van der Waals surface area contributed by atoms with Crippen molar-refractivity contribution in [2.75, 3.05) is 5.43 Å². The zero-order chi connectivity index (χ0) is 8.81. The number of para-hydroxylation sites is 1. The SMILES string of the molecule is NC(=NNc1ccccc1)NO. The van der Waals surface area contributed by atoms with Crippen molar-refractivity contribution in [2.45, 2.75) is 0 Å². The van der Waals surface area contributed by atoms with Crippen molar-refractivity contribution in [3.63, 3.8) is 0 Å². The second-order valence-corrected chi connectivity index (χ2v) is 2.09. The van der Waals surface area contributed by atoms with Crippen molar-refractivity contribution in [3.8, 4) is 0 Å². The Labute approximate surface area is 69.8 Å². The second-order valence-electron chi connectivity index (χ2n) is 2.09. The molecule has 5 N–H and O–H groups in total. The van der Waals surface area contributed by atoms with Crippen molar-refractivity contribution >= 4 is 11.6 Å². The number of anilines is 1. The number of benzene rings is 1. The molecule has 0 atom stereocenters. The first-order valence-corrected chi connectivity index (χ1v) is 3.37. The van der Waals surface area contributed by atoms with Crippen molar-refractivity contribution in [1.82, 2.24) is 5.48 Å². The first-order chi connectivity index (χ1) is 5.83. The molecule has 1 aromatic rings. The Morgan fingerprint density at radius 2 is 2.00 bits per heavy atom. The summed E-state index contributed by atoms with van der Waals surface area (Å²) in [5.41, 5.74) is 10.3. The molecule has 0 bridgehead atoms. The van der Waals surface area contributed by atoms with Crippen LogP contribution in [0.4, 0.5) is 5.69 Å². The van der Waals surface area contributed by atoms with E-state index < -0.39 is 0 Å². The summed E-state index contributed by atoms with van der Waals surface area (Å²) in [6.45, 7) is 0. The largest absolute Gasteiger partial charge is 0.367 e. The van der Waals surface area contributed by atoms with Crippen LogP contribution in [0, 0.1) is 0 Å². The quantitative estimate of drug-likeness (QED) is 0.289. The molecule has 1 aromatic carbocycles. The third-order valence-electron chi connectivity index (χ3n) is 1.19. The lowest BCUT2D eigenvalue weighted by molar-refractivity contribution is 0.233. The van der Waals surface area contributed by atoms with Gasteiger partial charge in [0.15, 0.2) is 0 Å². The van der Waals surface area contributed by atoms with Gasteiger partial charge in [-0.3, -0.25) is 10.6 Å². The molecule has 0 radical (unpaired) electrons. The van der Waals surface area contributed by atoms with Crippen molar-refractivity contribution < 1.29 is 5.21 Å². The van der Waals surface area contributed by atoms with E-state index in [2.05, 4.69) is 10.5 Å². The van der Waals surface area contributed by atoms with Gasteiger partial charge < -0.3 is 5.73 Å². The summed E-state index contributed by atoms with van der Waals surface area (Å²) < 4.78 is 0. The topological polar surface area (TPSA) is 82.7 Å². The first-order valence-electron chi connectivity index (χ1n) is 3.37. The average Bonchev–Trinajstić information content (AvgIpc) is 2.16. The van der Waals surface area contributed by atoms with Crippen molar-refractivity contribution in [2.24, 2.45) is 10.8 Å². The minimum atomic E-state index is -0.0844. The summed E-state index contributed by atoms with van der Waals surface area (Å²) >= 11 is 0. The van der Waals surface area contributed by atoms with Gasteiger partial charge in [0.05, 0.1) is 5.69 Å². The van der Waals surface area contributed by atoms with Gasteiger partial charge in [0.1, 0.15) is 0 Å². The number of hydrogen-bond acceptors (Lipinski definition) is 3. The number of nitrogens with zero attached hydrogens (tertiary/aromatic N) is 1. The van der Waals surface area contributed by atoms with E-state index in [1.54, 1.807) is 5.48 Å². The van der Waals surface area contributed by atoms with Gasteiger partial charge in [-0.05, 0) is 12.1 Å². The molecule has 0 spiro atoms. The number of guanidine groups is 1. The Kier molecular flexibility index (Phi) is 2.92. The molecule has 0 aliphatic rings. The van der Waals surface area contributed by atoms with E-state index in [4.69, 9.17) is 10.9 Å². The zero-order valence-electron chi connectivity index (χ0n) is 6.36. The molecule has 0 aliphatic carbocycles. The summed E-state index contributed by atoms with van der Waals surface area (Å²) in [7, 11) is 0. The van der Waals surface area contributed by atoms with Crippen molar-refractivity contribution in [1.29, 1.82) is 0 Å². The van der Waals surface area contributed by atoms with Crippen LogP contribution in [0.1, 0.15) is 0 Å². The Balaban J connectivity index is 2.54.